The Balaban J connectivity index is 1.95. The molecule has 0 atom stereocenters. The normalized spacial score (nSPS) is 16.4. The van der Waals surface area contributed by atoms with Gasteiger partial charge in [-0.05, 0) is 41.6 Å². The fourth-order valence-electron chi connectivity index (χ4n) is 2.14. The molecule has 16 heavy (non-hydrogen) atoms. The molecule has 0 fully saturated rings. The van der Waals surface area contributed by atoms with Crippen molar-refractivity contribution in [1.82, 2.24) is 4.90 Å². The summed E-state index contributed by atoms with van der Waals surface area (Å²) < 4.78 is 0. The van der Waals surface area contributed by atoms with Crippen molar-refractivity contribution >= 4 is 5.69 Å². The molecule has 2 nitrogen and oxygen atoms in total. The number of fused-ring (bicyclic) bond motifs is 1. The lowest BCUT2D eigenvalue weighted by Crippen LogP contribution is -2.22. The highest BCUT2D eigenvalue weighted by Crippen LogP contribution is 2.27. The van der Waals surface area contributed by atoms with Crippen LogP contribution < -0.4 is 5.73 Å². The van der Waals surface area contributed by atoms with E-state index in [1.165, 1.54) is 24.1 Å². The average molecular weight is 218 g/mol. The summed E-state index contributed by atoms with van der Waals surface area (Å²) in [5.41, 5.74) is 9.97. The van der Waals surface area contributed by atoms with Crippen LogP contribution in [0.2, 0.25) is 0 Å². The lowest BCUT2D eigenvalue weighted by Gasteiger charge is -2.22. The lowest BCUT2D eigenvalue weighted by atomic mass is 9.92. The zero-order valence-electron chi connectivity index (χ0n) is 10.6. The third kappa shape index (κ3) is 2.76. The Morgan fingerprint density at radius 1 is 1.19 bits per heavy atom. The molecule has 2 N–H and O–H groups in total. The van der Waals surface area contributed by atoms with Gasteiger partial charge in [-0.3, -0.25) is 4.90 Å². The SMILES string of the molecule is CC(C)(C)CCN1Cc2ccc(N)cc2C1. The van der Waals surface area contributed by atoms with Crippen LogP contribution >= 0.6 is 0 Å². The molecule has 2 rings (SSSR count). The van der Waals surface area contributed by atoms with Crippen LogP contribution in [0.5, 0.6) is 0 Å². The number of hydrogen-bond donors (Lipinski definition) is 1. The van der Waals surface area contributed by atoms with Gasteiger partial charge in [-0.2, -0.15) is 0 Å². The van der Waals surface area contributed by atoms with Crippen molar-refractivity contribution in [1.29, 1.82) is 0 Å². The van der Waals surface area contributed by atoms with Crippen LogP contribution in [-0.2, 0) is 13.1 Å². The van der Waals surface area contributed by atoms with E-state index >= 15 is 0 Å². The summed E-state index contributed by atoms with van der Waals surface area (Å²) in [6.45, 7) is 10.2. The number of benzene rings is 1. The maximum absolute atomic E-state index is 5.80. The van der Waals surface area contributed by atoms with Crippen LogP contribution in [0.1, 0.15) is 38.3 Å². The quantitative estimate of drug-likeness (QED) is 0.773. The van der Waals surface area contributed by atoms with E-state index in [9.17, 15) is 0 Å². The minimum absolute atomic E-state index is 0.424. The number of anilines is 1. The molecule has 1 aromatic carbocycles. The first-order valence-corrected chi connectivity index (χ1v) is 6.04. The van der Waals surface area contributed by atoms with Gasteiger partial charge in [0.15, 0.2) is 0 Å². The highest BCUT2D eigenvalue weighted by atomic mass is 15.1. The van der Waals surface area contributed by atoms with Gasteiger partial charge in [0, 0.05) is 18.8 Å². The Hall–Kier alpha value is -1.02. The first-order chi connectivity index (χ1) is 7.44. The van der Waals surface area contributed by atoms with Crippen LogP contribution in [0.4, 0.5) is 5.69 Å². The van der Waals surface area contributed by atoms with Crippen molar-refractivity contribution in [3.05, 3.63) is 29.3 Å². The van der Waals surface area contributed by atoms with Gasteiger partial charge >= 0.3 is 0 Å². The molecule has 1 aliphatic heterocycles. The molecule has 0 saturated heterocycles. The number of hydrogen-bond acceptors (Lipinski definition) is 2. The molecule has 0 aliphatic carbocycles. The fraction of sp³-hybridized carbons (Fsp3) is 0.571. The van der Waals surface area contributed by atoms with Crippen molar-refractivity contribution in [2.75, 3.05) is 12.3 Å². The minimum atomic E-state index is 0.424. The lowest BCUT2D eigenvalue weighted by molar-refractivity contribution is 0.232. The summed E-state index contributed by atoms with van der Waals surface area (Å²) in [4.78, 5) is 2.51. The summed E-state index contributed by atoms with van der Waals surface area (Å²) in [5.74, 6) is 0. The molecule has 88 valence electrons. The van der Waals surface area contributed by atoms with Crippen LogP contribution in [0, 0.1) is 5.41 Å². The van der Waals surface area contributed by atoms with Crippen molar-refractivity contribution in [2.24, 2.45) is 5.41 Å². The van der Waals surface area contributed by atoms with E-state index in [4.69, 9.17) is 5.73 Å². The van der Waals surface area contributed by atoms with Gasteiger partial charge in [0.2, 0.25) is 0 Å². The smallest absolute Gasteiger partial charge is 0.0317 e. The van der Waals surface area contributed by atoms with Crippen LogP contribution in [-0.4, -0.2) is 11.4 Å². The molecule has 1 heterocycles. The van der Waals surface area contributed by atoms with Crippen molar-refractivity contribution in [3.8, 4) is 0 Å². The van der Waals surface area contributed by atoms with Gasteiger partial charge in [0.25, 0.3) is 0 Å². The van der Waals surface area contributed by atoms with Gasteiger partial charge < -0.3 is 5.73 Å². The predicted octanol–water partition coefficient (Wildman–Crippen LogP) is 3.02. The third-order valence-corrected chi connectivity index (χ3v) is 3.20. The van der Waals surface area contributed by atoms with E-state index < -0.39 is 0 Å². The molecule has 0 radical (unpaired) electrons. The molecule has 0 spiro atoms. The van der Waals surface area contributed by atoms with E-state index in [-0.39, 0.29) is 0 Å². The second-order valence-electron chi connectivity index (χ2n) is 6.05. The third-order valence-electron chi connectivity index (χ3n) is 3.20. The second kappa shape index (κ2) is 4.10. The number of nitrogen functional groups attached to an aromatic ring is 1. The van der Waals surface area contributed by atoms with Crippen molar-refractivity contribution < 1.29 is 0 Å². The average Bonchev–Trinajstić information content (AvgIpc) is 2.55. The number of rotatable bonds is 2. The van der Waals surface area contributed by atoms with Crippen LogP contribution in [0.3, 0.4) is 0 Å². The van der Waals surface area contributed by atoms with E-state index in [1.807, 2.05) is 6.07 Å². The maximum Gasteiger partial charge on any atom is 0.0317 e. The van der Waals surface area contributed by atoms with E-state index in [0.717, 1.165) is 18.8 Å². The molecule has 0 saturated carbocycles. The zero-order valence-corrected chi connectivity index (χ0v) is 10.6. The van der Waals surface area contributed by atoms with Crippen molar-refractivity contribution in [3.63, 3.8) is 0 Å². The largest absolute Gasteiger partial charge is 0.399 e. The van der Waals surface area contributed by atoms with Gasteiger partial charge in [0.1, 0.15) is 0 Å². The summed E-state index contributed by atoms with van der Waals surface area (Å²) in [6.07, 6.45) is 1.25. The Morgan fingerprint density at radius 3 is 2.56 bits per heavy atom. The predicted molar refractivity (Wildman–Crippen MR) is 69.0 cm³/mol. The summed E-state index contributed by atoms with van der Waals surface area (Å²) in [5, 5.41) is 0. The van der Waals surface area contributed by atoms with Crippen LogP contribution in [0.25, 0.3) is 0 Å². The van der Waals surface area contributed by atoms with Gasteiger partial charge in [-0.25, -0.2) is 0 Å². The van der Waals surface area contributed by atoms with Crippen LogP contribution in [0.15, 0.2) is 18.2 Å². The number of nitrogens with zero attached hydrogens (tertiary/aromatic N) is 1. The highest BCUT2D eigenvalue weighted by Gasteiger charge is 2.20. The zero-order chi connectivity index (χ0) is 11.8. The molecule has 0 aromatic heterocycles. The second-order valence-corrected chi connectivity index (χ2v) is 6.05. The molecule has 0 amide bonds. The fourth-order valence-corrected chi connectivity index (χ4v) is 2.14. The first kappa shape index (κ1) is 11.5. The maximum atomic E-state index is 5.80. The Kier molecular flexibility index (Phi) is 2.94. The highest BCUT2D eigenvalue weighted by molar-refractivity contribution is 5.46. The summed E-state index contributed by atoms with van der Waals surface area (Å²) in [6, 6.07) is 6.29. The summed E-state index contributed by atoms with van der Waals surface area (Å²) >= 11 is 0. The molecule has 0 bridgehead atoms. The van der Waals surface area contributed by atoms with E-state index in [1.54, 1.807) is 0 Å². The minimum Gasteiger partial charge on any atom is -0.399 e. The molecular formula is C14H22N2. The monoisotopic (exact) mass is 218 g/mol. The molecule has 1 aromatic rings. The molecule has 0 unspecified atom stereocenters. The molecule has 2 heteroatoms. The Bertz CT molecular complexity index is 377. The van der Waals surface area contributed by atoms with E-state index in [0.29, 0.717) is 5.41 Å². The van der Waals surface area contributed by atoms with Gasteiger partial charge in [-0.15, -0.1) is 0 Å². The molecule has 1 aliphatic rings. The molecular weight excluding hydrogens is 196 g/mol. The number of nitrogens with two attached hydrogens (primary N) is 1. The standard InChI is InChI=1S/C14H22N2/c1-14(2,3)6-7-16-9-11-4-5-13(15)8-12(11)10-16/h4-5,8H,6-7,9-10,15H2,1-3H3. The Labute approximate surface area is 98.4 Å². The van der Waals surface area contributed by atoms with E-state index in [2.05, 4.69) is 37.8 Å². The first-order valence-electron chi connectivity index (χ1n) is 6.04. The van der Waals surface area contributed by atoms with Crippen molar-refractivity contribution in [2.45, 2.75) is 40.3 Å². The summed E-state index contributed by atoms with van der Waals surface area (Å²) in [7, 11) is 0. The van der Waals surface area contributed by atoms with Gasteiger partial charge in [-0.1, -0.05) is 26.8 Å². The Morgan fingerprint density at radius 2 is 1.88 bits per heavy atom. The van der Waals surface area contributed by atoms with Gasteiger partial charge in [0.05, 0.1) is 0 Å². The topological polar surface area (TPSA) is 29.3 Å².